The van der Waals surface area contributed by atoms with E-state index in [9.17, 15) is 10.2 Å². The van der Waals surface area contributed by atoms with Crippen LogP contribution in [0.2, 0.25) is 0 Å². The Hall–Kier alpha value is 0.0500. The molecule has 0 spiro atoms. The molecule has 6 nitrogen and oxygen atoms in total. The van der Waals surface area contributed by atoms with Gasteiger partial charge in [0, 0.05) is 6.29 Å². The Morgan fingerprint density at radius 3 is 2.15 bits per heavy atom. The standard InChI is InChI=1S/C6H12NO5.ClH/c7-1-2-3(8)4(9)5(10)6(11)12-2;/h2-6,8-10H,1,7H2;1H/q-1;/p+1. The molecule has 0 radical (unpaired) electrons. The SMILES string of the molecule is Cl.[NH3+]CC1OC([O-])C(O)C(O)C1O. The minimum absolute atomic E-state index is 0. The van der Waals surface area contributed by atoms with Crippen LogP contribution in [-0.4, -0.2) is 52.6 Å². The van der Waals surface area contributed by atoms with Crippen molar-refractivity contribution in [1.29, 1.82) is 0 Å². The highest BCUT2D eigenvalue weighted by atomic mass is 35.5. The van der Waals surface area contributed by atoms with E-state index < -0.39 is 30.7 Å². The summed E-state index contributed by atoms with van der Waals surface area (Å²) in [6, 6.07) is 0. The first kappa shape index (κ1) is 13.1. The number of hydrogen-bond acceptors (Lipinski definition) is 5. The molecular formula is C6H14ClNO5. The van der Waals surface area contributed by atoms with Crippen LogP contribution in [0.5, 0.6) is 0 Å². The van der Waals surface area contributed by atoms with Crippen molar-refractivity contribution >= 4 is 12.4 Å². The van der Waals surface area contributed by atoms with E-state index in [0.717, 1.165) is 0 Å². The van der Waals surface area contributed by atoms with Gasteiger partial charge >= 0.3 is 0 Å². The van der Waals surface area contributed by atoms with E-state index in [1.165, 1.54) is 0 Å². The number of hydrogen-bond donors (Lipinski definition) is 4. The third-order valence-corrected chi connectivity index (χ3v) is 1.95. The fourth-order valence-corrected chi connectivity index (χ4v) is 1.16. The van der Waals surface area contributed by atoms with Gasteiger partial charge in [0.15, 0.2) is 0 Å². The second kappa shape index (κ2) is 5.06. The van der Waals surface area contributed by atoms with Crippen molar-refractivity contribution < 1.29 is 30.9 Å². The fraction of sp³-hybridized carbons (Fsp3) is 1.00. The maximum absolute atomic E-state index is 10.8. The quantitative estimate of drug-likeness (QED) is 0.354. The summed E-state index contributed by atoms with van der Waals surface area (Å²) in [5.74, 6) is 0. The molecule has 1 saturated heterocycles. The van der Waals surface area contributed by atoms with E-state index in [4.69, 9.17) is 10.2 Å². The monoisotopic (exact) mass is 215 g/mol. The van der Waals surface area contributed by atoms with Gasteiger partial charge in [-0.1, -0.05) is 0 Å². The molecule has 5 unspecified atom stereocenters. The summed E-state index contributed by atoms with van der Waals surface area (Å²) in [6.07, 6.45) is -6.72. The van der Waals surface area contributed by atoms with Crippen molar-refractivity contribution in [1.82, 2.24) is 0 Å². The van der Waals surface area contributed by atoms with Crippen LogP contribution < -0.4 is 10.8 Å². The molecule has 0 bridgehead atoms. The van der Waals surface area contributed by atoms with Gasteiger partial charge in [-0.25, -0.2) is 0 Å². The van der Waals surface area contributed by atoms with Gasteiger partial charge in [0.05, 0.1) is 6.10 Å². The van der Waals surface area contributed by atoms with Gasteiger partial charge in [0.1, 0.15) is 24.9 Å². The summed E-state index contributed by atoms with van der Waals surface area (Å²) < 4.78 is 4.65. The lowest BCUT2D eigenvalue weighted by Crippen LogP contribution is -2.68. The van der Waals surface area contributed by atoms with E-state index >= 15 is 0 Å². The number of ether oxygens (including phenoxy) is 1. The number of aliphatic hydroxyl groups excluding tert-OH is 3. The molecule has 0 aromatic rings. The molecular weight excluding hydrogens is 202 g/mol. The first-order chi connectivity index (χ1) is 5.57. The van der Waals surface area contributed by atoms with E-state index in [1.54, 1.807) is 0 Å². The van der Waals surface area contributed by atoms with Crippen LogP contribution >= 0.6 is 12.4 Å². The number of aliphatic hydroxyl groups is 3. The van der Waals surface area contributed by atoms with Crippen LogP contribution in [0.1, 0.15) is 0 Å². The average molecular weight is 216 g/mol. The lowest BCUT2D eigenvalue weighted by molar-refractivity contribution is -0.541. The summed E-state index contributed by atoms with van der Waals surface area (Å²) in [7, 11) is 0. The van der Waals surface area contributed by atoms with Crippen LogP contribution in [0.3, 0.4) is 0 Å². The smallest absolute Gasteiger partial charge is 0.133 e. The molecule has 6 N–H and O–H groups in total. The lowest BCUT2D eigenvalue weighted by atomic mass is 9.99. The van der Waals surface area contributed by atoms with E-state index in [0.29, 0.717) is 0 Å². The zero-order valence-corrected chi connectivity index (χ0v) is 7.68. The molecule has 0 saturated carbocycles. The average Bonchev–Trinajstić information content (AvgIpc) is 2.08. The second-order valence-corrected chi connectivity index (χ2v) is 2.80. The van der Waals surface area contributed by atoms with Gasteiger partial charge in [-0.15, -0.1) is 12.4 Å². The fourth-order valence-electron chi connectivity index (χ4n) is 1.16. The summed E-state index contributed by atoms with van der Waals surface area (Å²) in [6.45, 7) is 0.184. The third kappa shape index (κ3) is 2.50. The van der Waals surface area contributed by atoms with Gasteiger partial charge in [-0.05, 0) is 0 Å². The topological polar surface area (TPSA) is 121 Å². The van der Waals surface area contributed by atoms with Gasteiger partial charge in [0.25, 0.3) is 0 Å². The highest BCUT2D eigenvalue weighted by Gasteiger charge is 2.39. The van der Waals surface area contributed by atoms with Gasteiger partial charge in [-0.3, -0.25) is 0 Å². The van der Waals surface area contributed by atoms with Gasteiger partial charge in [0.2, 0.25) is 0 Å². The Morgan fingerprint density at radius 1 is 1.15 bits per heavy atom. The first-order valence-corrected chi connectivity index (χ1v) is 3.72. The van der Waals surface area contributed by atoms with Crippen LogP contribution in [0.25, 0.3) is 0 Å². The highest BCUT2D eigenvalue weighted by Crippen LogP contribution is 2.16. The molecule has 13 heavy (non-hydrogen) atoms. The Balaban J connectivity index is 0.00000144. The normalized spacial score (nSPS) is 45.5. The minimum Gasteiger partial charge on any atom is -0.829 e. The predicted molar refractivity (Wildman–Crippen MR) is 41.7 cm³/mol. The van der Waals surface area contributed by atoms with Crippen LogP contribution in [0, 0.1) is 0 Å². The molecule has 80 valence electrons. The molecule has 0 aromatic heterocycles. The summed E-state index contributed by atoms with van der Waals surface area (Å²) >= 11 is 0. The first-order valence-electron chi connectivity index (χ1n) is 3.72. The Kier molecular flexibility index (Phi) is 5.08. The van der Waals surface area contributed by atoms with Crippen molar-refractivity contribution in [2.24, 2.45) is 0 Å². The second-order valence-electron chi connectivity index (χ2n) is 2.80. The van der Waals surface area contributed by atoms with E-state index in [-0.39, 0.29) is 19.0 Å². The van der Waals surface area contributed by atoms with Gasteiger partial charge in [-0.2, -0.15) is 0 Å². The molecule has 1 heterocycles. The molecule has 5 atom stereocenters. The highest BCUT2D eigenvalue weighted by molar-refractivity contribution is 5.85. The van der Waals surface area contributed by atoms with Gasteiger partial charge < -0.3 is 30.9 Å². The molecule has 1 rings (SSSR count). The maximum Gasteiger partial charge on any atom is 0.133 e. The summed E-state index contributed by atoms with van der Waals surface area (Å²) in [5, 5.41) is 38.1. The Morgan fingerprint density at radius 2 is 1.69 bits per heavy atom. The van der Waals surface area contributed by atoms with Crippen molar-refractivity contribution in [2.45, 2.75) is 30.7 Å². The zero-order chi connectivity index (χ0) is 9.30. The van der Waals surface area contributed by atoms with E-state index in [1.807, 2.05) is 0 Å². The molecule has 1 aliphatic rings. The third-order valence-electron chi connectivity index (χ3n) is 1.95. The molecule has 1 fully saturated rings. The largest absolute Gasteiger partial charge is 0.829 e. The number of rotatable bonds is 1. The molecule has 7 heteroatoms. The van der Waals surface area contributed by atoms with Crippen LogP contribution in [0.4, 0.5) is 0 Å². The van der Waals surface area contributed by atoms with Crippen molar-refractivity contribution in [3.05, 3.63) is 0 Å². The predicted octanol–water partition coefficient (Wildman–Crippen LogP) is -4.18. The van der Waals surface area contributed by atoms with Crippen LogP contribution in [0.15, 0.2) is 0 Å². The van der Waals surface area contributed by atoms with Crippen molar-refractivity contribution in [3.8, 4) is 0 Å². The summed E-state index contributed by atoms with van der Waals surface area (Å²) in [5.41, 5.74) is 3.44. The Labute approximate surface area is 81.3 Å². The number of halogens is 1. The maximum atomic E-state index is 10.8. The van der Waals surface area contributed by atoms with Crippen molar-refractivity contribution in [3.63, 3.8) is 0 Å². The molecule has 1 aliphatic heterocycles. The van der Waals surface area contributed by atoms with E-state index in [2.05, 4.69) is 10.5 Å². The molecule has 0 aromatic carbocycles. The minimum atomic E-state index is -1.70. The summed E-state index contributed by atoms with van der Waals surface area (Å²) in [4.78, 5) is 0. The number of quaternary nitrogens is 1. The molecule has 0 aliphatic carbocycles. The lowest BCUT2D eigenvalue weighted by Gasteiger charge is -2.42. The van der Waals surface area contributed by atoms with Crippen LogP contribution in [-0.2, 0) is 4.74 Å². The Bertz CT molecular complexity index is 155. The van der Waals surface area contributed by atoms with Crippen molar-refractivity contribution in [2.75, 3.05) is 6.54 Å². The zero-order valence-electron chi connectivity index (χ0n) is 6.87. The molecule has 0 amide bonds.